The molecule has 1 aromatic heterocycles. The summed E-state index contributed by atoms with van der Waals surface area (Å²) in [5.41, 5.74) is -0.169. The molecule has 4 aromatic rings. The third-order valence-corrected chi connectivity index (χ3v) is 5.92. The second kappa shape index (κ2) is 9.74. The van der Waals surface area contributed by atoms with Gasteiger partial charge in [0.15, 0.2) is 0 Å². The minimum Gasteiger partial charge on any atom is -0.329 e. The number of carbonyl (C=O) groups excluding carboxylic acids is 1. The summed E-state index contributed by atoms with van der Waals surface area (Å²) >= 11 is 0. The highest BCUT2D eigenvalue weighted by Gasteiger charge is 2.33. The van der Waals surface area contributed by atoms with Crippen molar-refractivity contribution < 1.29 is 18.0 Å². The normalized spacial score (nSPS) is 12.5. The molecule has 0 aliphatic heterocycles. The number of aromatic nitrogens is 2. The van der Waals surface area contributed by atoms with E-state index in [0.717, 1.165) is 12.1 Å². The van der Waals surface area contributed by atoms with Gasteiger partial charge in [-0.15, -0.1) is 0 Å². The number of benzene rings is 3. The summed E-state index contributed by atoms with van der Waals surface area (Å²) < 4.78 is 41.3. The Hall–Kier alpha value is -3.94. The van der Waals surface area contributed by atoms with Crippen LogP contribution < -0.4 is 5.56 Å². The van der Waals surface area contributed by atoms with Crippen LogP contribution in [0.4, 0.5) is 13.2 Å². The van der Waals surface area contributed by atoms with Crippen LogP contribution in [0.25, 0.3) is 16.6 Å². The van der Waals surface area contributed by atoms with E-state index in [9.17, 15) is 22.8 Å². The van der Waals surface area contributed by atoms with E-state index >= 15 is 0 Å². The van der Waals surface area contributed by atoms with Crippen molar-refractivity contribution in [2.45, 2.75) is 32.5 Å². The number of halogens is 3. The zero-order valence-electron chi connectivity index (χ0n) is 19.3. The summed E-state index contributed by atoms with van der Waals surface area (Å²) in [5.74, 6) is -0.211. The molecule has 35 heavy (non-hydrogen) atoms. The van der Waals surface area contributed by atoms with Gasteiger partial charge < -0.3 is 4.90 Å². The molecule has 5 nitrogen and oxygen atoms in total. The Balaban J connectivity index is 1.89. The van der Waals surface area contributed by atoms with Gasteiger partial charge in [-0.1, -0.05) is 43.3 Å². The fourth-order valence-electron chi connectivity index (χ4n) is 4.24. The van der Waals surface area contributed by atoms with Crippen molar-refractivity contribution >= 4 is 16.8 Å². The van der Waals surface area contributed by atoms with Crippen LogP contribution >= 0.6 is 0 Å². The molecule has 8 heteroatoms. The number of para-hydroxylation sites is 2. The number of hydrogen-bond acceptors (Lipinski definition) is 3. The van der Waals surface area contributed by atoms with Crippen LogP contribution in [0.15, 0.2) is 83.7 Å². The molecule has 180 valence electrons. The topological polar surface area (TPSA) is 55.2 Å². The molecule has 4 rings (SSSR count). The molecule has 3 aromatic carbocycles. The standard InChI is InChI=1S/C27H24F3N3O2/c1-3-23(32(4-2)25(34)18-11-10-12-19(17-18)27(28,29)30)24-31-22-16-9-8-15-21(22)26(35)33(24)20-13-6-5-7-14-20/h5-17,23H,3-4H2,1-2H3. The lowest BCUT2D eigenvalue weighted by atomic mass is 10.1. The lowest BCUT2D eigenvalue weighted by Gasteiger charge is -2.31. The van der Waals surface area contributed by atoms with Crippen LogP contribution in [0.1, 0.15) is 48.1 Å². The van der Waals surface area contributed by atoms with Crippen molar-refractivity contribution in [2.75, 3.05) is 6.54 Å². The Kier molecular flexibility index (Phi) is 6.73. The van der Waals surface area contributed by atoms with Crippen molar-refractivity contribution in [1.29, 1.82) is 0 Å². The van der Waals surface area contributed by atoms with Gasteiger partial charge in [-0.05, 0) is 55.8 Å². The lowest BCUT2D eigenvalue weighted by molar-refractivity contribution is -0.137. The van der Waals surface area contributed by atoms with Gasteiger partial charge in [-0.3, -0.25) is 14.2 Å². The maximum Gasteiger partial charge on any atom is 0.416 e. The van der Waals surface area contributed by atoms with E-state index < -0.39 is 23.7 Å². The van der Waals surface area contributed by atoms with Crippen LogP contribution in [-0.2, 0) is 6.18 Å². The first-order valence-electron chi connectivity index (χ1n) is 11.3. The van der Waals surface area contributed by atoms with Gasteiger partial charge in [0, 0.05) is 12.1 Å². The van der Waals surface area contributed by atoms with Gasteiger partial charge in [-0.2, -0.15) is 13.2 Å². The first-order valence-corrected chi connectivity index (χ1v) is 11.3. The van der Waals surface area contributed by atoms with E-state index in [1.165, 1.54) is 21.6 Å². The number of amides is 1. The Morgan fingerprint density at radius 3 is 2.31 bits per heavy atom. The largest absolute Gasteiger partial charge is 0.416 e. The summed E-state index contributed by atoms with van der Waals surface area (Å²) in [6.45, 7) is 3.81. The van der Waals surface area contributed by atoms with Gasteiger partial charge in [0.1, 0.15) is 5.82 Å². The van der Waals surface area contributed by atoms with E-state index in [1.54, 1.807) is 55.5 Å². The maximum atomic E-state index is 13.6. The van der Waals surface area contributed by atoms with Crippen molar-refractivity contribution in [3.05, 3.63) is 106 Å². The highest BCUT2D eigenvalue weighted by Crippen LogP contribution is 2.31. The summed E-state index contributed by atoms with van der Waals surface area (Å²) in [4.78, 5) is 33.3. The van der Waals surface area contributed by atoms with Crippen molar-refractivity contribution in [3.8, 4) is 5.69 Å². The molecule has 1 atom stereocenters. The number of carbonyl (C=O) groups is 1. The minimum atomic E-state index is -4.56. The van der Waals surface area contributed by atoms with Crippen LogP contribution in [0.3, 0.4) is 0 Å². The summed E-state index contributed by atoms with van der Waals surface area (Å²) in [6.07, 6.45) is -4.17. The molecule has 0 bridgehead atoms. The molecular weight excluding hydrogens is 455 g/mol. The second-order valence-electron chi connectivity index (χ2n) is 8.06. The average molecular weight is 480 g/mol. The smallest absolute Gasteiger partial charge is 0.329 e. The molecule has 0 aliphatic rings. The predicted molar refractivity (Wildman–Crippen MR) is 129 cm³/mol. The Bertz CT molecular complexity index is 1410. The molecule has 0 aliphatic carbocycles. The summed E-state index contributed by atoms with van der Waals surface area (Å²) in [7, 11) is 0. The second-order valence-corrected chi connectivity index (χ2v) is 8.06. The third kappa shape index (κ3) is 4.69. The number of nitrogens with zero attached hydrogens (tertiary/aromatic N) is 3. The van der Waals surface area contributed by atoms with Gasteiger partial charge in [0.05, 0.1) is 28.2 Å². The molecule has 1 heterocycles. The first kappa shape index (κ1) is 24.2. The highest BCUT2D eigenvalue weighted by molar-refractivity contribution is 5.94. The van der Waals surface area contributed by atoms with Gasteiger partial charge in [-0.25, -0.2) is 4.98 Å². The van der Waals surface area contributed by atoms with Gasteiger partial charge in [0.25, 0.3) is 11.5 Å². The van der Waals surface area contributed by atoms with Crippen molar-refractivity contribution in [2.24, 2.45) is 0 Å². The number of hydrogen-bond donors (Lipinski definition) is 0. The first-order chi connectivity index (χ1) is 16.8. The molecule has 0 N–H and O–H groups in total. The highest BCUT2D eigenvalue weighted by atomic mass is 19.4. The van der Waals surface area contributed by atoms with Gasteiger partial charge in [0.2, 0.25) is 0 Å². The quantitative estimate of drug-likeness (QED) is 0.340. The molecule has 1 unspecified atom stereocenters. The molecule has 1 amide bonds. The fraction of sp³-hybridized carbons (Fsp3) is 0.222. The third-order valence-electron chi connectivity index (χ3n) is 5.92. The van der Waals surface area contributed by atoms with Crippen molar-refractivity contribution in [1.82, 2.24) is 14.5 Å². The zero-order valence-corrected chi connectivity index (χ0v) is 19.3. The summed E-state index contributed by atoms with van der Waals surface area (Å²) in [5, 5.41) is 0.433. The molecule has 0 saturated carbocycles. The van der Waals surface area contributed by atoms with E-state index in [2.05, 4.69) is 0 Å². The van der Waals surface area contributed by atoms with E-state index in [4.69, 9.17) is 4.98 Å². The van der Waals surface area contributed by atoms with E-state index in [0.29, 0.717) is 28.8 Å². The monoisotopic (exact) mass is 479 g/mol. The molecule has 0 spiro atoms. The number of alkyl halides is 3. The van der Waals surface area contributed by atoms with Gasteiger partial charge >= 0.3 is 6.18 Å². The van der Waals surface area contributed by atoms with E-state index in [1.807, 2.05) is 13.0 Å². The molecule has 0 saturated heterocycles. The fourth-order valence-corrected chi connectivity index (χ4v) is 4.24. The lowest BCUT2D eigenvalue weighted by Crippen LogP contribution is -2.38. The average Bonchev–Trinajstić information content (AvgIpc) is 2.87. The Labute approximate surface area is 200 Å². The number of rotatable bonds is 6. The van der Waals surface area contributed by atoms with Crippen LogP contribution in [0.5, 0.6) is 0 Å². The zero-order chi connectivity index (χ0) is 25.2. The molecule has 0 fully saturated rings. The Morgan fingerprint density at radius 1 is 0.971 bits per heavy atom. The molecular formula is C27H24F3N3O2. The van der Waals surface area contributed by atoms with Crippen LogP contribution in [-0.4, -0.2) is 26.9 Å². The van der Waals surface area contributed by atoms with Crippen LogP contribution in [0, 0.1) is 0 Å². The maximum absolute atomic E-state index is 13.6. The summed E-state index contributed by atoms with van der Waals surface area (Å²) in [6, 6.07) is 19.7. The van der Waals surface area contributed by atoms with Crippen LogP contribution in [0.2, 0.25) is 0 Å². The number of fused-ring (bicyclic) bond motifs is 1. The Morgan fingerprint density at radius 2 is 1.66 bits per heavy atom. The van der Waals surface area contributed by atoms with Crippen molar-refractivity contribution in [3.63, 3.8) is 0 Å². The SMILES string of the molecule is CCC(c1nc2ccccc2c(=O)n1-c1ccccc1)N(CC)C(=O)c1cccc(C(F)(F)F)c1. The van der Waals surface area contributed by atoms with E-state index in [-0.39, 0.29) is 17.7 Å². The predicted octanol–water partition coefficient (Wildman–Crippen LogP) is 6.02. The minimum absolute atomic E-state index is 0.0745. The molecule has 0 radical (unpaired) electrons.